The Labute approximate surface area is 224 Å². The number of aliphatic hydroxyl groups is 1. The lowest BCUT2D eigenvalue weighted by molar-refractivity contribution is -0.132. The Hall–Kier alpha value is -4.43. The third-order valence-corrected chi connectivity index (χ3v) is 6.81. The minimum absolute atomic E-state index is 0.0867. The first kappa shape index (κ1) is 25.2. The van der Waals surface area contributed by atoms with Crippen molar-refractivity contribution in [1.29, 1.82) is 0 Å². The van der Waals surface area contributed by atoms with Gasteiger partial charge in [0.15, 0.2) is 0 Å². The number of Topliss-reactive ketones (excluding diaryl/α,β-unsaturated/α-hetero) is 1. The van der Waals surface area contributed by atoms with Gasteiger partial charge in [0.05, 0.1) is 43.0 Å². The molecule has 0 bridgehead atoms. The predicted octanol–water partition coefficient (Wildman–Crippen LogP) is 5.86. The van der Waals surface area contributed by atoms with Crippen molar-refractivity contribution in [3.8, 4) is 17.2 Å². The molecular weight excluding hydrogens is 508 g/mol. The monoisotopic (exact) mass is 532 g/mol. The number of benzene rings is 3. The first-order valence-corrected chi connectivity index (χ1v) is 12.3. The van der Waals surface area contributed by atoms with Gasteiger partial charge in [0, 0.05) is 34.4 Å². The molecule has 0 aliphatic carbocycles. The largest absolute Gasteiger partial charge is 0.507 e. The Morgan fingerprint density at radius 2 is 1.74 bits per heavy atom. The normalized spacial score (nSPS) is 16.7. The SMILES string of the molecule is CCOc1ccc(N2C(=O)C(=O)/C(=C(/O)c3cc(OC)c(Cl)cc3OC)C2c2c[nH]c3ccccc23)cc1. The molecular formula is C29H25ClN2O6. The van der Waals surface area contributed by atoms with Crippen LogP contribution in [0.3, 0.4) is 0 Å². The predicted molar refractivity (Wildman–Crippen MR) is 145 cm³/mol. The number of nitrogens with one attached hydrogen (secondary N) is 1. The number of aromatic amines is 1. The first-order valence-electron chi connectivity index (χ1n) is 11.9. The first-order chi connectivity index (χ1) is 18.4. The topological polar surface area (TPSA) is 101 Å². The van der Waals surface area contributed by atoms with Crippen molar-refractivity contribution >= 4 is 45.6 Å². The van der Waals surface area contributed by atoms with Crippen molar-refractivity contribution in [3.63, 3.8) is 0 Å². The maximum Gasteiger partial charge on any atom is 0.300 e. The molecule has 0 spiro atoms. The molecule has 1 aliphatic heterocycles. The summed E-state index contributed by atoms with van der Waals surface area (Å²) in [6.45, 7) is 2.37. The zero-order chi connectivity index (χ0) is 27.0. The van der Waals surface area contributed by atoms with Crippen LogP contribution in [-0.2, 0) is 9.59 Å². The molecule has 1 unspecified atom stereocenters. The zero-order valence-corrected chi connectivity index (χ0v) is 21.7. The summed E-state index contributed by atoms with van der Waals surface area (Å²) in [7, 11) is 2.86. The van der Waals surface area contributed by atoms with E-state index in [0.717, 1.165) is 10.9 Å². The number of rotatable bonds is 7. The lowest BCUT2D eigenvalue weighted by atomic mass is 9.94. The number of nitrogens with zero attached hydrogens (tertiary/aromatic N) is 1. The van der Waals surface area contributed by atoms with Gasteiger partial charge in [-0.15, -0.1) is 0 Å². The van der Waals surface area contributed by atoms with E-state index in [9.17, 15) is 14.7 Å². The standard InChI is InChI=1S/C29H25ClN2O6/c1-4-38-17-11-9-16(10-12-17)32-26(20-15-31-22-8-6-5-7-18(20)22)25(28(34)29(32)35)27(33)19-13-24(37-3)21(30)14-23(19)36-2/h5-15,26,31,33H,4H2,1-3H3/b27-25+. The number of para-hydroxylation sites is 1. The molecule has 3 aromatic carbocycles. The third kappa shape index (κ3) is 4.13. The Morgan fingerprint density at radius 3 is 2.42 bits per heavy atom. The van der Waals surface area contributed by atoms with E-state index in [1.807, 2.05) is 31.2 Å². The summed E-state index contributed by atoms with van der Waals surface area (Å²) >= 11 is 6.26. The highest BCUT2D eigenvalue weighted by Crippen LogP contribution is 2.46. The van der Waals surface area contributed by atoms with Gasteiger partial charge in [-0.1, -0.05) is 29.8 Å². The van der Waals surface area contributed by atoms with E-state index in [4.69, 9.17) is 25.8 Å². The number of hydrogen-bond donors (Lipinski definition) is 2. The van der Waals surface area contributed by atoms with E-state index in [1.54, 1.807) is 30.5 Å². The van der Waals surface area contributed by atoms with E-state index in [2.05, 4.69) is 4.98 Å². The van der Waals surface area contributed by atoms with Gasteiger partial charge in [0.2, 0.25) is 0 Å². The van der Waals surface area contributed by atoms with Crippen LogP contribution in [-0.4, -0.2) is 42.6 Å². The highest BCUT2D eigenvalue weighted by atomic mass is 35.5. The quantitative estimate of drug-likeness (QED) is 0.175. The number of ether oxygens (including phenoxy) is 3. The summed E-state index contributed by atoms with van der Waals surface area (Å²) < 4.78 is 16.3. The summed E-state index contributed by atoms with van der Waals surface area (Å²) in [4.78, 5) is 31.7. The molecule has 1 aromatic heterocycles. The number of H-pyrrole nitrogens is 1. The summed E-state index contributed by atoms with van der Waals surface area (Å²) in [5.41, 5.74) is 2.03. The van der Waals surface area contributed by atoms with Crippen molar-refractivity contribution in [1.82, 2.24) is 4.98 Å². The maximum atomic E-state index is 13.6. The van der Waals surface area contributed by atoms with Gasteiger partial charge in [-0.05, 0) is 43.3 Å². The smallest absolute Gasteiger partial charge is 0.300 e. The van der Waals surface area contributed by atoms with E-state index in [-0.39, 0.29) is 27.7 Å². The molecule has 0 radical (unpaired) electrons. The number of halogens is 1. The van der Waals surface area contributed by atoms with Crippen LogP contribution < -0.4 is 19.1 Å². The molecule has 1 aliphatic rings. The third-order valence-electron chi connectivity index (χ3n) is 6.52. The molecule has 2 N–H and O–H groups in total. The van der Waals surface area contributed by atoms with E-state index in [1.165, 1.54) is 31.3 Å². The number of ketones is 1. The summed E-state index contributed by atoms with van der Waals surface area (Å²) in [6, 6.07) is 16.5. The number of anilines is 1. The Bertz CT molecular complexity index is 1570. The number of methoxy groups -OCH3 is 2. The molecule has 5 rings (SSSR count). The second-order valence-corrected chi connectivity index (χ2v) is 8.98. The fourth-order valence-corrected chi connectivity index (χ4v) is 5.00. The van der Waals surface area contributed by atoms with Crippen LogP contribution in [0.1, 0.15) is 24.1 Å². The molecule has 9 heteroatoms. The molecule has 1 amide bonds. The second-order valence-electron chi connectivity index (χ2n) is 8.57. The highest BCUT2D eigenvalue weighted by Gasteiger charge is 2.48. The van der Waals surface area contributed by atoms with Crippen LogP contribution in [0.15, 0.2) is 72.4 Å². The van der Waals surface area contributed by atoms with Crippen molar-refractivity contribution < 1.29 is 28.9 Å². The van der Waals surface area contributed by atoms with Crippen LogP contribution in [0.5, 0.6) is 17.2 Å². The van der Waals surface area contributed by atoms with Crippen molar-refractivity contribution in [3.05, 3.63) is 88.6 Å². The van der Waals surface area contributed by atoms with Crippen LogP contribution >= 0.6 is 11.6 Å². The fourth-order valence-electron chi connectivity index (χ4n) is 4.77. The number of carbonyl (C=O) groups is 2. The van der Waals surface area contributed by atoms with Gasteiger partial charge in [0.25, 0.3) is 11.7 Å². The average Bonchev–Trinajstić information content (AvgIpc) is 3.47. The zero-order valence-electron chi connectivity index (χ0n) is 20.9. The number of hydrogen-bond acceptors (Lipinski definition) is 6. The molecule has 1 saturated heterocycles. The molecule has 1 fully saturated rings. The van der Waals surface area contributed by atoms with E-state index in [0.29, 0.717) is 23.6 Å². The summed E-state index contributed by atoms with van der Waals surface area (Å²) in [5, 5.41) is 12.7. The molecule has 4 aromatic rings. The van der Waals surface area contributed by atoms with E-state index < -0.39 is 23.5 Å². The van der Waals surface area contributed by atoms with Gasteiger partial charge in [-0.2, -0.15) is 0 Å². The lowest BCUT2D eigenvalue weighted by Crippen LogP contribution is -2.29. The number of aliphatic hydroxyl groups excluding tert-OH is 1. The minimum Gasteiger partial charge on any atom is -0.507 e. The summed E-state index contributed by atoms with van der Waals surface area (Å²) in [6.07, 6.45) is 1.75. The molecule has 0 saturated carbocycles. The number of carbonyl (C=O) groups excluding carboxylic acids is 2. The maximum absolute atomic E-state index is 13.6. The number of amides is 1. The highest BCUT2D eigenvalue weighted by molar-refractivity contribution is 6.52. The second kappa shape index (κ2) is 10.1. The molecule has 194 valence electrons. The molecule has 1 atom stereocenters. The van der Waals surface area contributed by atoms with Crippen molar-refractivity contribution in [2.24, 2.45) is 0 Å². The Balaban J connectivity index is 1.77. The molecule has 38 heavy (non-hydrogen) atoms. The Morgan fingerprint density at radius 1 is 1.03 bits per heavy atom. The van der Waals surface area contributed by atoms with Crippen LogP contribution in [0.4, 0.5) is 5.69 Å². The van der Waals surface area contributed by atoms with Gasteiger partial charge in [0.1, 0.15) is 23.0 Å². The average molecular weight is 533 g/mol. The number of aromatic nitrogens is 1. The minimum atomic E-state index is -0.935. The summed E-state index contributed by atoms with van der Waals surface area (Å²) in [5.74, 6) is -0.876. The van der Waals surface area contributed by atoms with E-state index >= 15 is 0 Å². The lowest BCUT2D eigenvalue weighted by Gasteiger charge is -2.25. The van der Waals surface area contributed by atoms with Crippen LogP contribution in [0.25, 0.3) is 16.7 Å². The fraction of sp³-hybridized carbons (Fsp3) is 0.172. The van der Waals surface area contributed by atoms with Gasteiger partial charge >= 0.3 is 0 Å². The van der Waals surface area contributed by atoms with Gasteiger partial charge in [-0.3, -0.25) is 14.5 Å². The van der Waals surface area contributed by atoms with Gasteiger partial charge < -0.3 is 24.3 Å². The van der Waals surface area contributed by atoms with Gasteiger partial charge in [-0.25, -0.2) is 0 Å². The molecule has 2 heterocycles. The van der Waals surface area contributed by atoms with Crippen molar-refractivity contribution in [2.45, 2.75) is 13.0 Å². The Kier molecular flexibility index (Phi) is 6.73. The number of fused-ring (bicyclic) bond motifs is 1. The van der Waals surface area contributed by atoms with Crippen molar-refractivity contribution in [2.75, 3.05) is 25.7 Å². The van der Waals surface area contributed by atoms with Crippen LogP contribution in [0, 0.1) is 0 Å². The van der Waals surface area contributed by atoms with Crippen LogP contribution in [0.2, 0.25) is 5.02 Å². The molecule has 8 nitrogen and oxygen atoms in total.